The molecule has 0 heterocycles. The number of rotatable bonds is 2. The predicted octanol–water partition coefficient (Wildman–Crippen LogP) is 1.07. The van der Waals surface area contributed by atoms with Gasteiger partial charge in [-0.3, -0.25) is 0 Å². The van der Waals surface area contributed by atoms with Crippen molar-refractivity contribution >= 4 is 11.9 Å². The number of carbonyl (C=O) groups is 2. The van der Waals surface area contributed by atoms with Crippen LogP contribution < -0.4 is 0 Å². The first kappa shape index (κ1) is 11.4. The fourth-order valence-corrected chi connectivity index (χ4v) is 1.07. The molecule has 0 saturated heterocycles. The fourth-order valence-electron chi connectivity index (χ4n) is 1.07. The van der Waals surface area contributed by atoms with Crippen molar-refractivity contribution in [3.63, 3.8) is 0 Å². The van der Waals surface area contributed by atoms with E-state index in [4.69, 9.17) is 16.6 Å². The molecule has 0 fully saturated rings. The topological polar surface area (TPSA) is 74.6 Å². The second-order valence-electron chi connectivity index (χ2n) is 2.77. The van der Waals surface area contributed by atoms with Gasteiger partial charge in [0.05, 0.1) is 11.1 Å². The minimum atomic E-state index is -1.18. The summed E-state index contributed by atoms with van der Waals surface area (Å²) in [6, 6.07) is 3.56. The Balaban J connectivity index is 3.39. The first-order valence-corrected chi connectivity index (χ1v) is 4.13. The van der Waals surface area contributed by atoms with E-state index < -0.39 is 11.9 Å². The standard InChI is InChI=1S/C12H6O4/c1-2-3-4-8-7-9(11(13)14)5-6-10(8)12(15)16/h1,5-7H,(H,13,14)(H,15,16). The molecule has 4 nitrogen and oxygen atoms in total. The van der Waals surface area contributed by atoms with Crippen LogP contribution in [0, 0.1) is 24.2 Å². The van der Waals surface area contributed by atoms with Crippen molar-refractivity contribution in [1.82, 2.24) is 0 Å². The van der Waals surface area contributed by atoms with E-state index in [1.54, 1.807) is 0 Å². The van der Waals surface area contributed by atoms with Gasteiger partial charge in [-0.25, -0.2) is 9.59 Å². The van der Waals surface area contributed by atoms with Crippen LogP contribution in [0.1, 0.15) is 26.3 Å². The van der Waals surface area contributed by atoms with Gasteiger partial charge < -0.3 is 10.2 Å². The zero-order valence-electron chi connectivity index (χ0n) is 8.02. The van der Waals surface area contributed by atoms with Gasteiger partial charge >= 0.3 is 11.9 Å². The summed E-state index contributed by atoms with van der Waals surface area (Å²) in [4.78, 5) is 21.5. The van der Waals surface area contributed by atoms with Crippen LogP contribution in [0.15, 0.2) is 18.2 Å². The minimum absolute atomic E-state index is 0.0358. The van der Waals surface area contributed by atoms with Crippen LogP contribution in [-0.4, -0.2) is 22.2 Å². The lowest BCUT2D eigenvalue weighted by atomic mass is 10.0. The largest absolute Gasteiger partial charge is 0.478 e. The van der Waals surface area contributed by atoms with Crippen molar-refractivity contribution in [2.45, 2.75) is 0 Å². The smallest absolute Gasteiger partial charge is 0.336 e. The molecule has 2 N–H and O–H groups in total. The van der Waals surface area contributed by atoms with Gasteiger partial charge in [0.15, 0.2) is 0 Å². The number of terminal acetylenes is 1. The highest BCUT2D eigenvalue weighted by Crippen LogP contribution is 2.11. The second kappa shape index (κ2) is 4.68. The Morgan fingerprint density at radius 1 is 1.19 bits per heavy atom. The van der Waals surface area contributed by atoms with E-state index in [1.807, 2.05) is 5.92 Å². The molecule has 0 aliphatic rings. The Morgan fingerprint density at radius 2 is 1.88 bits per heavy atom. The maximum absolute atomic E-state index is 10.8. The van der Waals surface area contributed by atoms with Gasteiger partial charge in [-0.15, -0.1) is 6.42 Å². The summed E-state index contributed by atoms with van der Waals surface area (Å²) >= 11 is 0. The molecule has 0 amide bonds. The molecule has 78 valence electrons. The fraction of sp³-hybridized carbons (Fsp3) is 0. The first-order chi connectivity index (χ1) is 7.56. The number of hydrogen-bond donors (Lipinski definition) is 2. The van der Waals surface area contributed by atoms with Gasteiger partial charge in [-0.1, -0.05) is 5.92 Å². The van der Waals surface area contributed by atoms with Crippen molar-refractivity contribution in [1.29, 1.82) is 0 Å². The van der Waals surface area contributed by atoms with E-state index in [9.17, 15) is 9.59 Å². The Bertz CT molecular complexity index is 553. The predicted molar refractivity (Wildman–Crippen MR) is 56.1 cm³/mol. The van der Waals surface area contributed by atoms with Crippen LogP contribution in [0.4, 0.5) is 0 Å². The van der Waals surface area contributed by atoms with Crippen LogP contribution in [0.3, 0.4) is 0 Å². The van der Waals surface area contributed by atoms with E-state index in [0.717, 1.165) is 0 Å². The molecular weight excluding hydrogens is 208 g/mol. The summed E-state index contributed by atoms with van der Waals surface area (Å²) in [6.07, 6.45) is 4.91. The number of hydrogen-bond acceptors (Lipinski definition) is 2. The maximum Gasteiger partial charge on any atom is 0.336 e. The molecule has 0 aliphatic heterocycles. The molecule has 1 rings (SSSR count). The minimum Gasteiger partial charge on any atom is -0.478 e. The highest BCUT2D eigenvalue weighted by molar-refractivity contribution is 5.94. The van der Waals surface area contributed by atoms with E-state index in [0.29, 0.717) is 0 Å². The molecule has 0 bridgehead atoms. The monoisotopic (exact) mass is 214 g/mol. The third-order valence-electron chi connectivity index (χ3n) is 1.77. The van der Waals surface area contributed by atoms with Gasteiger partial charge in [0.25, 0.3) is 0 Å². The third-order valence-corrected chi connectivity index (χ3v) is 1.77. The Labute approximate surface area is 91.5 Å². The lowest BCUT2D eigenvalue weighted by Crippen LogP contribution is -2.03. The number of carboxylic acids is 2. The molecule has 16 heavy (non-hydrogen) atoms. The molecule has 0 saturated carbocycles. The van der Waals surface area contributed by atoms with Crippen LogP contribution in [-0.2, 0) is 0 Å². The molecule has 0 radical (unpaired) electrons. The summed E-state index contributed by atoms with van der Waals surface area (Å²) in [7, 11) is 0. The number of benzene rings is 1. The van der Waals surface area contributed by atoms with Crippen LogP contribution in [0.5, 0.6) is 0 Å². The second-order valence-corrected chi connectivity index (χ2v) is 2.77. The van der Waals surface area contributed by atoms with Crippen molar-refractivity contribution in [3.8, 4) is 24.2 Å². The van der Waals surface area contributed by atoms with E-state index in [-0.39, 0.29) is 16.7 Å². The number of carboxylic acid groups (broad SMARTS) is 2. The molecule has 0 spiro atoms. The first-order valence-electron chi connectivity index (χ1n) is 4.13. The molecule has 1 aromatic rings. The normalized spacial score (nSPS) is 8.44. The average molecular weight is 214 g/mol. The average Bonchev–Trinajstić information content (AvgIpc) is 2.25. The van der Waals surface area contributed by atoms with Crippen molar-refractivity contribution < 1.29 is 19.8 Å². The third kappa shape index (κ3) is 2.40. The van der Waals surface area contributed by atoms with E-state index in [1.165, 1.54) is 18.2 Å². The lowest BCUT2D eigenvalue weighted by molar-refractivity contribution is 0.0681. The van der Waals surface area contributed by atoms with Gasteiger partial charge in [0.2, 0.25) is 0 Å². The van der Waals surface area contributed by atoms with Crippen LogP contribution in [0.25, 0.3) is 0 Å². The Kier molecular flexibility index (Phi) is 3.32. The summed E-state index contributed by atoms with van der Waals surface area (Å²) in [5, 5.41) is 17.6. The van der Waals surface area contributed by atoms with Crippen molar-refractivity contribution in [3.05, 3.63) is 34.9 Å². The van der Waals surface area contributed by atoms with Gasteiger partial charge in [-0.2, -0.15) is 0 Å². The lowest BCUT2D eigenvalue weighted by Gasteiger charge is -2.00. The van der Waals surface area contributed by atoms with Gasteiger partial charge in [0.1, 0.15) is 0 Å². The molecule has 4 heteroatoms. The zero-order chi connectivity index (χ0) is 12.1. The summed E-state index contributed by atoms with van der Waals surface area (Å²) in [6.45, 7) is 0. The van der Waals surface area contributed by atoms with Crippen molar-refractivity contribution in [2.24, 2.45) is 0 Å². The summed E-state index contributed by atoms with van der Waals surface area (Å²) in [5.74, 6) is 4.35. The highest BCUT2D eigenvalue weighted by atomic mass is 16.4. The molecule has 1 aromatic carbocycles. The molecule has 0 atom stereocenters. The van der Waals surface area contributed by atoms with Crippen LogP contribution >= 0.6 is 0 Å². The van der Waals surface area contributed by atoms with Gasteiger partial charge in [-0.05, 0) is 30.0 Å². The molecule has 0 unspecified atom stereocenters. The van der Waals surface area contributed by atoms with Crippen molar-refractivity contribution in [2.75, 3.05) is 0 Å². The van der Waals surface area contributed by atoms with E-state index in [2.05, 4.69) is 11.8 Å². The maximum atomic E-state index is 10.8. The SMILES string of the molecule is C#CC#Cc1cc(C(=O)O)ccc1C(=O)O. The summed E-state index contributed by atoms with van der Waals surface area (Å²) in [5.41, 5.74) is -0.0237. The van der Waals surface area contributed by atoms with E-state index >= 15 is 0 Å². The highest BCUT2D eigenvalue weighted by Gasteiger charge is 2.11. The molecule has 0 aromatic heterocycles. The Morgan fingerprint density at radius 3 is 2.38 bits per heavy atom. The van der Waals surface area contributed by atoms with Gasteiger partial charge in [0, 0.05) is 5.56 Å². The quantitative estimate of drug-likeness (QED) is 0.722. The Hall–Kier alpha value is -2.72. The molecule has 0 aliphatic carbocycles. The zero-order valence-corrected chi connectivity index (χ0v) is 8.02. The summed E-state index contributed by atoms with van der Waals surface area (Å²) < 4.78 is 0. The number of aromatic carboxylic acids is 2. The van der Waals surface area contributed by atoms with Crippen LogP contribution in [0.2, 0.25) is 0 Å². The molecular formula is C12H6O4.